The first-order valence-corrected chi connectivity index (χ1v) is 8.21. The fraction of sp³-hybridized carbons (Fsp3) is 0.533. The highest BCUT2D eigenvalue weighted by molar-refractivity contribution is 7.20. The van der Waals surface area contributed by atoms with Crippen molar-refractivity contribution in [1.29, 1.82) is 0 Å². The van der Waals surface area contributed by atoms with Crippen LogP contribution in [0.2, 0.25) is 0 Å². The predicted molar refractivity (Wildman–Crippen MR) is 89.7 cm³/mol. The Morgan fingerprint density at radius 3 is 2.82 bits per heavy atom. The minimum absolute atomic E-state index is 0.0152. The van der Waals surface area contributed by atoms with Gasteiger partial charge in [-0.15, -0.1) is 11.3 Å². The number of thiophene rings is 1. The van der Waals surface area contributed by atoms with Crippen LogP contribution in [0.3, 0.4) is 0 Å². The van der Waals surface area contributed by atoms with Gasteiger partial charge in [0.15, 0.2) is 0 Å². The third-order valence-electron chi connectivity index (χ3n) is 3.47. The summed E-state index contributed by atoms with van der Waals surface area (Å²) >= 11 is 1.40. The number of hydrogen-bond donors (Lipinski definition) is 2. The standard InChI is InChI=1S/C15H22N4O2S/c1-5-10(7-21-4)19-14(20)12-9(3)11-13(16-6-2)17-8-18-15(11)22-12/h8,10H,5-7H2,1-4H3,(H,19,20)(H,16,17,18)/t10-/m0/s1. The molecule has 120 valence electrons. The molecule has 0 aliphatic rings. The largest absolute Gasteiger partial charge is 0.383 e. The molecule has 2 rings (SSSR count). The van der Waals surface area contributed by atoms with Gasteiger partial charge in [-0.05, 0) is 25.8 Å². The van der Waals surface area contributed by atoms with Gasteiger partial charge in [-0.2, -0.15) is 0 Å². The molecule has 2 aromatic heterocycles. The summed E-state index contributed by atoms with van der Waals surface area (Å²) < 4.78 is 5.13. The minimum Gasteiger partial charge on any atom is -0.383 e. The third kappa shape index (κ3) is 3.36. The molecule has 0 aliphatic heterocycles. The van der Waals surface area contributed by atoms with Crippen molar-refractivity contribution in [2.75, 3.05) is 25.6 Å². The molecule has 0 saturated heterocycles. The number of aromatic nitrogens is 2. The Balaban J connectivity index is 2.33. The van der Waals surface area contributed by atoms with Crippen molar-refractivity contribution >= 4 is 33.3 Å². The third-order valence-corrected chi connectivity index (χ3v) is 4.67. The molecule has 2 N–H and O–H groups in total. The van der Waals surface area contributed by atoms with Gasteiger partial charge in [-0.3, -0.25) is 4.79 Å². The number of aryl methyl sites for hydroxylation is 1. The molecule has 0 unspecified atom stereocenters. The van der Waals surface area contributed by atoms with E-state index in [-0.39, 0.29) is 11.9 Å². The molecule has 0 aliphatic carbocycles. The fourth-order valence-corrected chi connectivity index (χ4v) is 3.36. The molecule has 0 aromatic carbocycles. The van der Waals surface area contributed by atoms with Crippen molar-refractivity contribution < 1.29 is 9.53 Å². The summed E-state index contributed by atoms with van der Waals surface area (Å²) in [5.41, 5.74) is 0.918. The molecule has 1 amide bonds. The second-order valence-corrected chi connectivity index (χ2v) is 6.02. The van der Waals surface area contributed by atoms with Gasteiger partial charge in [-0.25, -0.2) is 9.97 Å². The molecule has 22 heavy (non-hydrogen) atoms. The quantitative estimate of drug-likeness (QED) is 0.819. The summed E-state index contributed by atoms with van der Waals surface area (Å²) in [7, 11) is 1.64. The zero-order valence-electron chi connectivity index (χ0n) is 13.4. The number of hydrogen-bond acceptors (Lipinski definition) is 6. The maximum atomic E-state index is 12.5. The molecule has 6 nitrogen and oxygen atoms in total. The maximum Gasteiger partial charge on any atom is 0.262 e. The molecule has 7 heteroatoms. The van der Waals surface area contributed by atoms with Gasteiger partial charge < -0.3 is 15.4 Å². The molecule has 1 atom stereocenters. The molecule has 0 bridgehead atoms. The van der Waals surface area contributed by atoms with Gasteiger partial charge in [0.1, 0.15) is 17.0 Å². The molecule has 0 fully saturated rings. The predicted octanol–water partition coefficient (Wildman–Crippen LogP) is 2.59. The summed E-state index contributed by atoms with van der Waals surface area (Å²) in [6, 6.07) is 0.0152. The van der Waals surface area contributed by atoms with E-state index < -0.39 is 0 Å². The number of anilines is 1. The lowest BCUT2D eigenvalue weighted by Crippen LogP contribution is -2.37. The highest BCUT2D eigenvalue weighted by Crippen LogP contribution is 2.33. The van der Waals surface area contributed by atoms with Crippen LogP contribution in [-0.2, 0) is 4.74 Å². The van der Waals surface area contributed by atoms with Gasteiger partial charge >= 0.3 is 0 Å². The number of carbonyl (C=O) groups is 1. The highest BCUT2D eigenvalue weighted by atomic mass is 32.1. The van der Waals surface area contributed by atoms with Crippen molar-refractivity contribution in [3.8, 4) is 0 Å². The Kier molecular flexibility index (Phi) is 5.68. The van der Waals surface area contributed by atoms with Crippen LogP contribution >= 0.6 is 11.3 Å². The van der Waals surface area contributed by atoms with Gasteiger partial charge in [0.2, 0.25) is 0 Å². The Labute approximate surface area is 134 Å². The van der Waals surface area contributed by atoms with Gasteiger partial charge in [0.25, 0.3) is 5.91 Å². The van der Waals surface area contributed by atoms with E-state index in [9.17, 15) is 4.79 Å². The van der Waals surface area contributed by atoms with Crippen LogP contribution in [0.15, 0.2) is 6.33 Å². The maximum absolute atomic E-state index is 12.5. The van der Waals surface area contributed by atoms with Crippen molar-refractivity contribution in [2.24, 2.45) is 0 Å². The van der Waals surface area contributed by atoms with E-state index in [1.54, 1.807) is 7.11 Å². The van der Waals surface area contributed by atoms with Gasteiger partial charge in [0.05, 0.1) is 22.9 Å². The average Bonchev–Trinajstić information content (AvgIpc) is 2.85. The van der Waals surface area contributed by atoms with E-state index >= 15 is 0 Å². The van der Waals surface area contributed by atoms with E-state index in [1.807, 2.05) is 20.8 Å². The van der Waals surface area contributed by atoms with E-state index in [2.05, 4.69) is 20.6 Å². The normalized spacial score (nSPS) is 12.4. The van der Waals surface area contributed by atoms with E-state index in [0.717, 1.165) is 34.6 Å². The molecule has 2 heterocycles. The average molecular weight is 322 g/mol. The molecule has 0 saturated carbocycles. The lowest BCUT2D eigenvalue weighted by atomic mass is 10.1. The Bertz CT molecular complexity index is 656. The first kappa shape index (κ1) is 16.6. The molecular formula is C15H22N4O2S. The molecular weight excluding hydrogens is 300 g/mol. The van der Waals surface area contributed by atoms with E-state index in [1.165, 1.54) is 17.7 Å². The molecule has 0 spiro atoms. The summed E-state index contributed by atoms with van der Waals surface area (Å²) in [6.07, 6.45) is 2.35. The van der Waals surface area contributed by atoms with Crippen LogP contribution < -0.4 is 10.6 Å². The first-order valence-electron chi connectivity index (χ1n) is 7.40. The van der Waals surface area contributed by atoms with Crippen molar-refractivity contribution in [2.45, 2.75) is 33.2 Å². The van der Waals surface area contributed by atoms with E-state index in [0.29, 0.717) is 11.5 Å². The lowest BCUT2D eigenvalue weighted by Gasteiger charge is -2.15. The van der Waals surface area contributed by atoms with Crippen molar-refractivity contribution in [3.63, 3.8) is 0 Å². The summed E-state index contributed by atoms with van der Waals surface area (Å²) in [6.45, 7) is 7.26. The van der Waals surface area contributed by atoms with E-state index in [4.69, 9.17) is 4.74 Å². The zero-order chi connectivity index (χ0) is 16.1. The highest BCUT2D eigenvalue weighted by Gasteiger charge is 2.20. The number of ether oxygens (including phenoxy) is 1. The van der Waals surface area contributed by atoms with Crippen molar-refractivity contribution in [1.82, 2.24) is 15.3 Å². The van der Waals surface area contributed by atoms with Crippen LogP contribution in [0.5, 0.6) is 0 Å². The van der Waals surface area contributed by atoms with Crippen LogP contribution in [-0.4, -0.2) is 42.2 Å². The number of rotatable bonds is 7. The first-order chi connectivity index (χ1) is 10.6. The topological polar surface area (TPSA) is 76.1 Å². The second-order valence-electron chi connectivity index (χ2n) is 5.02. The fourth-order valence-electron chi connectivity index (χ4n) is 2.30. The van der Waals surface area contributed by atoms with Gasteiger partial charge in [-0.1, -0.05) is 6.92 Å². The van der Waals surface area contributed by atoms with Crippen molar-refractivity contribution in [3.05, 3.63) is 16.8 Å². The summed E-state index contributed by atoms with van der Waals surface area (Å²) in [4.78, 5) is 22.6. The van der Waals surface area contributed by atoms with Gasteiger partial charge in [0, 0.05) is 13.7 Å². The second kappa shape index (κ2) is 7.51. The number of methoxy groups -OCH3 is 1. The Morgan fingerprint density at radius 1 is 1.41 bits per heavy atom. The Hall–Kier alpha value is -1.73. The number of nitrogens with one attached hydrogen (secondary N) is 2. The zero-order valence-corrected chi connectivity index (χ0v) is 14.2. The monoisotopic (exact) mass is 322 g/mol. The van der Waals surface area contributed by atoms with Crippen LogP contribution in [0.4, 0.5) is 5.82 Å². The Morgan fingerprint density at radius 2 is 2.18 bits per heavy atom. The SMILES string of the molecule is CCNc1ncnc2sc(C(=O)N[C@@H](CC)COC)c(C)c12. The number of amides is 1. The number of carbonyl (C=O) groups excluding carboxylic acids is 1. The molecule has 0 radical (unpaired) electrons. The minimum atomic E-state index is -0.0770. The smallest absolute Gasteiger partial charge is 0.262 e. The lowest BCUT2D eigenvalue weighted by molar-refractivity contribution is 0.0898. The number of nitrogens with zero attached hydrogens (tertiary/aromatic N) is 2. The van der Waals surface area contributed by atoms with Crippen LogP contribution in [0.1, 0.15) is 35.5 Å². The van der Waals surface area contributed by atoms with Crippen LogP contribution in [0.25, 0.3) is 10.2 Å². The summed E-state index contributed by atoms with van der Waals surface area (Å²) in [5.74, 6) is 0.705. The number of fused-ring (bicyclic) bond motifs is 1. The summed E-state index contributed by atoms with van der Waals surface area (Å²) in [5, 5.41) is 7.16. The molecule has 2 aromatic rings. The van der Waals surface area contributed by atoms with Crippen LogP contribution in [0, 0.1) is 6.92 Å².